The zero-order valence-corrected chi connectivity index (χ0v) is 16.3. The second-order valence-corrected chi connectivity index (χ2v) is 6.79. The Morgan fingerprint density at radius 3 is 2.52 bits per heavy atom. The van der Waals surface area contributed by atoms with E-state index in [0.29, 0.717) is 16.8 Å². The van der Waals surface area contributed by atoms with Crippen LogP contribution in [0.1, 0.15) is 16.7 Å². The summed E-state index contributed by atoms with van der Waals surface area (Å²) in [6.45, 7) is 1.42. The Labute approximate surface area is 172 Å². The van der Waals surface area contributed by atoms with Crippen molar-refractivity contribution in [2.45, 2.75) is 13.5 Å². The summed E-state index contributed by atoms with van der Waals surface area (Å²) >= 11 is 5.45. The first-order chi connectivity index (χ1) is 13.9. The summed E-state index contributed by atoms with van der Waals surface area (Å²) in [5.41, 5.74) is 1.77. The summed E-state index contributed by atoms with van der Waals surface area (Å²) in [7, 11) is 0. The number of rotatable bonds is 5. The van der Waals surface area contributed by atoms with Gasteiger partial charge < -0.3 is 15.5 Å². The van der Waals surface area contributed by atoms with Crippen molar-refractivity contribution in [2.75, 3.05) is 5.32 Å². The first-order valence-corrected chi connectivity index (χ1v) is 9.16. The van der Waals surface area contributed by atoms with E-state index < -0.39 is 17.4 Å². The number of aromatic nitrogens is 1. The van der Waals surface area contributed by atoms with E-state index in [4.69, 9.17) is 12.2 Å². The third kappa shape index (κ3) is 4.82. The minimum atomic E-state index is -0.464. The molecule has 0 atom stereocenters. The van der Waals surface area contributed by atoms with Crippen LogP contribution in [-0.4, -0.2) is 10.1 Å². The number of aliphatic hydroxyl groups is 1. The van der Waals surface area contributed by atoms with Crippen LogP contribution in [0.15, 0.2) is 67.0 Å². The van der Waals surface area contributed by atoms with E-state index >= 15 is 0 Å². The second-order valence-electron chi connectivity index (χ2n) is 6.38. The standard InChI is InChI=1S/C22H18F2N2O2S/c1-14-4-9-18(11-19(14)24)25-22(29)20(26-10-2-3-15(12-26)13-27)21(28)16-5-7-17(23)8-6-16/h2-12,27H,13H2,1H3,(H-,25,28,29). The third-order valence-electron chi connectivity index (χ3n) is 4.27. The van der Waals surface area contributed by atoms with Crippen molar-refractivity contribution < 1.29 is 23.6 Å². The molecule has 1 aromatic heterocycles. The van der Waals surface area contributed by atoms with Gasteiger partial charge in [-0.3, -0.25) is 0 Å². The number of halogens is 2. The molecule has 7 heteroatoms. The van der Waals surface area contributed by atoms with Gasteiger partial charge in [0, 0.05) is 17.3 Å². The molecule has 2 N–H and O–H groups in total. The lowest BCUT2D eigenvalue weighted by atomic mass is 10.1. The summed E-state index contributed by atoms with van der Waals surface area (Å²) in [5.74, 6) is -1.32. The van der Waals surface area contributed by atoms with Crippen LogP contribution in [0, 0.1) is 18.6 Å². The van der Waals surface area contributed by atoms with Crippen LogP contribution in [0.3, 0.4) is 0 Å². The predicted octanol–water partition coefficient (Wildman–Crippen LogP) is 3.18. The van der Waals surface area contributed by atoms with E-state index in [1.807, 2.05) is 0 Å². The fourth-order valence-corrected chi connectivity index (χ4v) is 3.01. The van der Waals surface area contributed by atoms with Gasteiger partial charge in [-0.1, -0.05) is 30.4 Å². The van der Waals surface area contributed by atoms with Gasteiger partial charge in [0.2, 0.25) is 5.70 Å². The van der Waals surface area contributed by atoms with E-state index in [2.05, 4.69) is 5.32 Å². The maximum atomic E-state index is 13.9. The van der Waals surface area contributed by atoms with Crippen LogP contribution in [0.4, 0.5) is 14.5 Å². The minimum Gasteiger partial charge on any atom is -0.867 e. The molecule has 0 radical (unpaired) electrons. The van der Waals surface area contributed by atoms with E-state index in [9.17, 15) is 19.0 Å². The molecule has 2 aromatic carbocycles. The Kier molecular flexibility index (Phi) is 6.31. The van der Waals surface area contributed by atoms with E-state index in [1.165, 1.54) is 34.9 Å². The number of nitrogens with zero attached hydrogens (tertiary/aromatic N) is 1. The lowest BCUT2D eigenvalue weighted by molar-refractivity contribution is -0.578. The maximum Gasteiger partial charge on any atom is 0.238 e. The van der Waals surface area contributed by atoms with Gasteiger partial charge in [0.15, 0.2) is 17.4 Å². The number of hydrogen-bond acceptors (Lipinski definition) is 3. The number of pyridine rings is 1. The lowest BCUT2D eigenvalue weighted by Gasteiger charge is -2.17. The van der Waals surface area contributed by atoms with Crippen LogP contribution in [0.5, 0.6) is 0 Å². The Morgan fingerprint density at radius 2 is 1.86 bits per heavy atom. The first kappa shape index (κ1) is 20.6. The number of benzene rings is 2. The zero-order chi connectivity index (χ0) is 21.0. The van der Waals surface area contributed by atoms with Crippen LogP contribution in [-0.2, 0) is 6.61 Å². The van der Waals surface area contributed by atoms with Crippen molar-refractivity contribution in [2.24, 2.45) is 0 Å². The van der Waals surface area contributed by atoms with Crippen molar-refractivity contribution in [1.82, 2.24) is 0 Å². The minimum absolute atomic E-state index is 0.0580. The number of hydrogen-bond donors (Lipinski definition) is 2. The first-order valence-electron chi connectivity index (χ1n) is 8.75. The molecule has 0 bridgehead atoms. The predicted molar refractivity (Wildman–Crippen MR) is 109 cm³/mol. The van der Waals surface area contributed by atoms with Crippen molar-refractivity contribution in [3.63, 3.8) is 0 Å². The highest BCUT2D eigenvalue weighted by Gasteiger charge is 2.20. The van der Waals surface area contributed by atoms with E-state index in [-0.39, 0.29) is 22.9 Å². The van der Waals surface area contributed by atoms with Gasteiger partial charge in [-0.2, -0.15) is 4.57 Å². The lowest BCUT2D eigenvalue weighted by Crippen LogP contribution is -2.40. The second kappa shape index (κ2) is 8.89. The molecule has 0 aliphatic rings. The third-order valence-corrected chi connectivity index (χ3v) is 4.56. The highest BCUT2D eigenvalue weighted by Crippen LogP contribution is 2.19. The summed E-state index contributed by atoms with van der Waals surface area (Å²) in [6.07, 6.45) is 3.18. The summed E-state index contributed by atoms with van der Waals surface area (Å²) in [6, 6.07) is 13.0. The molecule has 0 unspecified atom stereocenters. The van der Waals surface area contributed by atoms with Crippen molar-refractivity contribution in [1.29, 1.82) is 0 Å². The zero-order valence-electron chi connectivity index (χ0n) is 15.5. The van der Waals surface area contributed by atoms with Crippen molar-refractivity contribution >= 4 is 34.3 Å². The molecule has 0 aliphatic heterocycles. The average molecular weight is 412 g/mol. The fraction of sp³-hybridized carbons (Fsp3) is 0.0909. The Hall–Kier alpha value is -3.16. The monoisotopic (exact) mass is 412 g/mol. The molecular weight excluding hydrogens is 394 g/mol. The van der Waals surface area contributed by atoms with Crippen LogP contribution in [0.2, 0.25) is 0 Å². The van der Waals surface area contributed by atoms with E-state index in [0.717, 1.165) is 0 Å². The number of aliphatic hydroxyl groups excluding tert-OH is 1. The molecular formula is C22H18F2N2O2S. The van der Waals surface area contributed by atoms with Gasteiger partial charge in [0.25, 0.3) is 0 Å². The molecule has 3 aromatic rings. The molecule has 0 fully saturated rings. The summed E-state index contributed by atoms with van der Waals surface area (Å²) in [4.78, 5) is 0.0580. The molecule has 0 aliphatic carbocycles. The molecule has 0 spiro atoms. The van der Waals surface area contributed by atoms with Gasteiger partial charge in [0.05, 0.1) is 6.61 Å². The average Bonchev–Trinajstić information content (AvgIpc) is 2.71. The maximum absolute atomic E-state index is 13.9. The highest BCUT2D eigenvalue weighted by molar-refractivity contribution is 7.81. The molecule has 0 saturated heterocycles. The molecule has 148 valence electrons. The van der Waals surface area contributed by atoms with Gasteiger partial charge in [0.1, 0.15) is 11.6 Å². The van der Waals surface area contributed by atoms with Crippen LogP contribution in [0.25, 0.3) is 11.5 Å². The Morgan fingerprint density at radius 1 is 1.14 bits per heavy atom. The quantitative estimate of drug-likeness (QED) is 0.293. The van der Waals surface area contributed by atoms with Gasteiger partial charge in [-0.15, -0.1) is 0 Å². The number of thiocarbonyl (C=S) groups is 1. The largest absolute Gasteiger partial charge is 0.867 e. The van der Waals surface area contributed by atoms with Gasteiger partial charge in [-0.05, 0) is 54.1 Å². The highest BCUT2D eigenvalue weighted by atomic mass is 32.1. The number of anilines is 1. The van der Waals surface area contributed by atoms with Crippen LogP contribution >= 0.6 is 12.2 Å². The molecule has 4 nitrogen and oxygen atoms in total. The smallest absolute Gasteiger partial charge is 0.238 e. The Balaban J connectivity index is 2.08. The van der Waals surface area contributed by atoms with Gasteiger partial charge in [-0.25, -0.2) is 8.78 Å². The fourth-order valence-electron chi connectivity index (χ4n) is 2.69. The Bertz CT molecular complexity index is 1080. The number of nitrogens with one attached hydrogen (secondary N) is 1. The van der Waals surface area contributed by atoms with Crippen molar-refractivity contribution in [3.05, 3.63) is 95.3 Å². The topological polar surface area (TPSA) is 59.2 Å². The molecule has 0 amide bonds. The molecule has 3 rings (SSSR count). The normalized spacial score (nSPS) is 11.7. The van der Waals surface area contributed by atoms with Crippen molar-refractivity contribution in [3.8, 4) is 0 Å². The van der Waals surface area contributed by atoms with Crippen LogP contribution < -0.4 is 15.0 Å². The molecule has 1 heterocycles. The van der Waals surface area contributed by atoms with Gasteiger partial charge >= 0.3 is 0 Å². The SMILES string of the molecule is Cc1ccc(NC(=S)C(=C([O-])c2ccc(F)cc2)[n+]2cccc(CO)c2)cc1F. The summed E-state index contributed by atoms with van der Waals surface area (Å²) < 4.78 is 28.6. The molecule has 0 saturated carbocycles. The number of aryl methyl sites for hydroxylation is 1. The summed E-state index contributed by atoms with van der Waals surface area (Å²) in [5, 5.41) is 25.5. The molecule has 29 heavy (non-hydrogen) atoms. The van der Waals surface area contributed by atoms with E-state index in [1.54, 1.807) is 43.6 Å².